The summed E-state index contributed by atoms with van der Waals surface area (Å²) in [4.78, 5) is 15.7. The van der Waals surface area contributed by atoms with Crippen molar-refractivity contribution in [2.75, 3.05) is 49.7 Å². The molecule has 0 radical (unpaired) electrons. The molecule has 7 heteroatoms. The average molecular weight is 445 g/mol. The summed E-state index contributed by atoms with van der Waals surface area (Å²) in [6.07, 6.45) is 1.33. The molecule has 7 nitrogen and oxygen atoms in total. The minimum Gasteiger partial charge on any atom is -0.381 e. The van der Waals surface area contributed by atoms with Gasteiger partial charge in [0.25, 0.3) is 0 Å². The monoisotopic (exact) mass is 444 g/mol. The SMILES string of the molecule is O=C(Nc1cccc(-c2ccc(N3CCOCC3)nn2)c1)C1(c2ccccc2)CCOCC1. The standard InChI is InChI=1S/C26H28N4O3/c31-25(26(11-15-32-16-12-26)21-6-2-1-3-7-21)27-22-8-4-5-20(19-22)23-9-10-24(29-28-23)30-13-17-33-18-14-30/h1-10,19H,11-18H2,(H,27,31). The molecular weight excluding hydrogens is 416 g/mol. The highest BCUT2D eigenvalue weighted by Gasteiger charge is 2.41. The topological polar surface area (TPSA) is 76.6 Å². The quantitative estimate of drug-likeness (QED) is 0.647. The van der Waals surface area contributed by atoms with Gasteiger partial charge in [-0.2, -0.15) is 0 Å². The maximum atomic E-state index is 13.5. The van der Waals surface area contributed by atoms with Crippen molar-refractivity contribution in [2.45, 2.75) is 18.3 Å². The zero-order valence-electron chi connectivity index (χ0n) is 18.6. The molecule has 0 bridgehead atoms. The molecule has 2 aliphatic heterocycles. The molecule has 33 heavy (non-hydrogen) atoms. The lowest BCUT2D eigenvalue weighted by Crippen LogP contribution is -2.44. The van der Waals surface area contributed by atoms with Crippen molar-refractivity contribution in [2.24, 2.45) is 0 Å². The molecule has 0 atom stereocenters. The van der Waals surface area contributed by atoms with Gasteiger partial charge in [0, 0.05) is 37.6 Å². The summed E-state index contributed by atoms with van der Waals surface area (Å²) in [6, 6.07) is 21.8. The van der Waals surface area contributed by atoms with Crippen LogP contribution in [0.3, 0.4) is 0 Å². The summed E-state index contributed by atoms with van der Waals surface area (Å²) in [7, 11) is 0. The van der Waals surface area contributed by atoms with E-state index >= 15 is 0 Å². The second kappa shape index (κ2) is 9.68. The maximum Gasteiger partial charge on any atom is 0.235 e. The number of benzene rings is 2. The number of carbonyl (C=O) groups excluding carboxylic acids is 1. The van der Waals surface area contributed by atoms with Gasteiger partial charge in [-0.25, -0.2) is 0 Å². The highest BCUT2D eigenvalue weighted by Crippen LogP contribution is 2.36. The second-order valence-electron chi connectivity index (χ2n) is 8.47. The van der Waals surface area contributed by atoms with Crippen molar-refractivity contribution < 1.29 is 14.3 Å². The summed E-state index contributed by atoms with van der Waals surface area (Å²) in [5.41, 5.74) is 2.88. The van der Waals surface area contributed by atoms with Crippen LogP contribution >= 0.6 is 0 Å². The molecule has 5 rings (SSSR count). The first-order chi connectivity index (χ1) is 16.2. The van der Waals surface area contributed by atoms with E-state index in [9.17, 15) is 4.79 Å². The number of hydrogen-bond acceptors (Lipinski definition) is 6. The number of hydrogen-bond donors (Lipinski definition) is 1. The van der Waals surface area contributed by atoms with Gasteiger partial charge in [-0.05, 0) is 42.7 Å². The van der Waals surface area contributed by atoms with Crippen LogP contribution in [0.4, 0.5) is 11.5 Å². The van der Waals surface area contributed by atoms with Crippen molar-refractivity contribution >= 4 is 17.4 Å². The van der Waals surface area contributed by atoms with Gasteiger partial charge in [-0.15, -0.1) is 10.2 Å². The van der Waals surface area contributed by atoms with E-state index in [1.165, 1.54) is 0 Å². The minimum atomic E-state index is -0.588. The fourth-order valence-corrected chi connectivity index (χ4v) is 4.57. The van der Waals surface area contributed by atoms with Crippen molar-refractivity contribution in [3.8, 4) is 11.3 Å². The number of amides is 1. The highest BCUT2D eigenvalue weighted by molar-refractivity contribution is 5.99. The van der Waals surface area contributed by atoms with E-state index in [-0.39, 0.29) is 5.91 Å². The lowest BCUT2D eigenvalue weighted by molar-refractivity contribution is -0.125. The Hall–Kier alpha value is -3.29. The lowest BCUT2D eigenvalue weighted by Gasteiger charge is -2.36. The summed E-state index contributed by atoms with van der Waals surface area (Å²) in [5.74, 6) is 0.860. The van der Waals surface area contributed by atoms with Gasteiger partial charge >= 0.3 is 0 Å². The molecule has 0 saturated carbocycles. The molecule has 2 aliphatic rings. The molecule has 2 saturated heterocycles. The number of nitrogens with one attached hydrogen (secondary N) is 1. The average Bonchev–Trinajstić information content (AvgIpc) is 2.90. The molecule has 1 aromatic heterocycles. The Balaban J connectivity index is 1.35. The Labute approximate surface area is 193 Å². The van der Waals surface area contributed by atoms with E-state index < -0.39 is 5.41 Å². The molecule has 3 heterocycles. The van der Waals surface area contributed by atoms with Crippen LogP contribution in [-0.4, -0.2) is 55.6 Å². The van der Waals surface area contributed by atoms with E-state index in [4.69, 9.17) is 9.47 Å². The molecule has 2 fully saturated rings. The minimum absolute atomic E-state index is 0.00268. The zero-order chi connectivity index (χ0) is 22.5. The van der Waals surface area contributed by atoms with E-state index in [1.807, 2.05) is 66.7 Å². The zero-order valence-corrected chi connectivity index (χ0v) is 18.6. The molecule has 2 aromatic carbocycles. The van der Waals surface area contributed by atoms with Crippen LogP contribution in [0.2, 0.25) is 0 Å². The van der Waals surface area contributed by atoms with Crippen molar-refractivity contribution in [1.29, 1.82) is 0 Å². The fraction of sp³-hybridized carbons (Fsp3) is 0.346. The first kappa shape index (κ1) is 21.6. The fourth-order valence-electron chi connectivity index (χ4n) is 4.57. The summed E-state index contributed by atoms with van der Waals surface area (Å²) in [6.45, 7) is 4.22. The molecular formula is C26H28N4O3. The van der Waals surface area contributed by atoms with Gasteiger partial charge in [0.2, 0.25) is 5.91 Å². The third-order valence-corrected chi connectivity index (χ3v) is 6.51. The number of anilines is 2. The van der Waals surface area contributed by atoms with E-state index in [0.29, 0.717) is 39.3 Å². The number of aromatic nitrogens is 2. The summed E-state index contributed by atoms with van der Waals surface area (Å²) < 4.78 is 11.0. The first-order valence-corrected chi connectivity index (χ1v) is 11.5. The molecule has 3 aromatic rings. The number of rotatable bonds is 5. The molecule has 1 amide bonds. The normalized spacial score (nSPS) is 18.0. The van der Waals surface area contributed by atoms with Crippen molar-refractivity contribution in [3.63, 3.8) is 0 Å². The number of morpholine rings is 1. The van der Waals surface area contributed by atoms with Gasteiger partial charge < -0.3 is 19.7 Å². The third-order valence-electron chi connectivity index (χ3n) is 6.51. The van der Waals surface area contributed by atoms with Crippen LogP contribution < -0.4 is 10.2 Å². The summed E-state index contributed by atoms with van der Waals surface area (Å²) in [5, 5.41) is 12.0. The van der Waals surface area contributed by atoms with Crippen LogP contribution in [0, 0.1) is 0 Å². The van der Waals surface area contributed by atoms with Crippen molar-refractivity contribution in [3.05, 3.63) is 72.3 Å². The van der Waals surface area contributed by atoms with Crippen LogP contribution in [0.1, 0.15) is 18.4 Å². The Morgan fingerprint density at radius 3 is 2.33 bits per heavy atom. The Bertz CT molecular complexity index is 1080. The smallest absolute Gasteiger partial charge is 0.235 e. The Kier molecular flexibility index (Phi) is 6.32. The van der Waals surface area contributed by atoms with Gasteiger partial charge in [0.05, 0.1) is 24.3 Å². The van der Waals surface area contributed by atoms with Crippen LogP contribution in [0.15, 0.2) is 66.7 Å². The molecule has 0 aliphatic carbocycles. The van der Waals surface area contributed by atoms with Gasteiger partial charge in [-0.3, -0.25) is 4.79 Å². The van der Waals surface area contributed by atoms with Crippen LogP contribution in [-0.2, 0) is 19.7 Å². The first-order valence-electron chi connectivity index (χ1n) is 11.5. The molecule has 0 unspecified atom stereocenters. The Morgan fingerprint density at radius 1 is 0.848 bits per heavy atom. The van der Waals surface area contributed by atoms with E-state index in [1.54, 1.807) is 0 Å². The summed E-state index contributed by atoms with van der Waals surface area (Å²) >= 11 is 0. The number of nitrogens with zero attached hydrogens (tertiary/aromatic N) is 3. The molecule has 170 valence electrons. The Morgan fingerprint density at radius 2 is 1.61 bits per heavy atom. The molecule has 0 spiro atoms. The van der Waals surface area contributed by atoms with E-state index in [0.717, 1.165) is 41.4 Å². The van der Waals surface area contributed by atoms with Crippen LogP contribution in [0.5, 0.6) is 0 Å². The lowest BCUT2D eigenvalue weighted by atomic mass is 9.73. The maximum absolute atomic E-state index is 13.5. The third kappa shape index (κ3) is 4.60. The van der Waals surface area contributed by atoms with Gasteiger partial charge in [0.1, 0.15) is 0 Å². The van der Waals surface area contributed by atoms with E-state index in [2.05, 4.69) is 20.4 Å². The highest BCUT2D eigenvalue weighted by atomic mass is 16.5. The second-order valence-corrected chi connectivity index (χ2v) is 8.47. The largest absolute Gasteiger partial charge is 0.381 e. The molecule has 1 N–H and O–H groups in total. The number of carbonyl (C=O) groups is 1. The predicted octanol–water partition coefficient (Wildman–Crippen LogP) is 3.67. The van der Waals surface area contributed by atoms with Crippen LogP contribution in [0.25, 0.3) is 11.3 Å². The predicted molar refractivity (Wildman–Crippen MR) is 127 cm³/mol. The van der Waals surface area contributed by atoms with Gasteiger partial charge in [0.15, 0.2) is 5.82 Å². The van der Waals surface area contributed by atoms with Crippen molar-refractivity contribution in [1.82, 2.24) is 10.2 Å². The van der Waals surface area contributed by atoms with Gasteiger partial charge in [-0.1, -0.05) is 42.5 Å². The number of ether oxygens (including phenoxy) is 2.